The molecule has 4 rings (SSSR count). The van der Waals surface area contributed by atoms with E-state index in [-0.39, 0.29) is 17.3 Å². The Hall–Kier alpha value is -2.67. The summed E-state index contributed by atoms with van der Waals surface area (Å²) in [6.45, 7) is 4.50. The molecule has 1 amide bonds. The zero-order valence-electron chi connectivity index (χ0n) is 15.7. The number of carbonyl (C=O) groups excluding carboxylic acids is 1. The van der Waals surface area contributed by atoms with Gasteiger partial charge in [0.1, 0.15) is 11.9 Å². The Bertz CT molecular complexity index is 1040. The number of aromatic nitrogens is 1. The van der Waals surface area contributed by atoms with Gasteiger partial charge in [-0.15, -0.1) is 0 Å². The number of hydrogen-bond donors (Lipinski definition) is 0. The first kappa shape index (κ1) is 18.7. The first-order valence-corrected chi connectivity index (χ1v) is 10.3. The lowest BCUT2D eigenvalue weighted by Crippen LogP contribution is -2.51. The Labute approximate surface area is 166 Å². The summed E-state index contributed by atoms with van der Waals surface area (Å²) in [5.74, 6) is -0.257. The highest BCUT2D eigenvalue weighted by atomic mass is 32.1. The van der Waals surface area contributed by atoms with Gasteiger partial charge in [0.05, 0.1) is 10.1 Å². The number of nitrogens with zero attached hydrogens (tertiary/aromatic N) is 3. The van der Waals surface area contributed by atoms with Gasteiger partial charge >= 0.3 is 0 Å². The van der Waals surface area contributed by atoms with Gasteiger partial charge in [-0.05, 0) is 42.8 Å². The van der Waals surface area contributed by atoms with Crippen molar-refractivity contribution in [2.75, 3.05) is 31.1 Å². The SMILES string of the molecule is CC[C@@H](C(=O)N1CCN(c2ccc(F)cc2)CC1)n1sc2ccccc2c1=O. The van der Waals surface area contributed by atoms with E-state index in [4.69, 9.17) is 0 Å². The third kappa shape index (κ3) is 3.42. The Morgan fingerprint density at radius 1 is 1.07 bits per heavy atom. The van der Waals surface area contributed by atoms with Crippen molar-refractivity contribution in [1.82, 2.24) is 8.86 Å². The van der Waals surface area contributed by atoms with E-state index < -0.39 is 6.04 Å². The molecule has 0 spiro atoms. The third-order valence-corrected chi connectivity index (χ3v) is 6.42. The highest BCUT2D eigenvalue weighted by Gasteiger charge is 2.29. The van der Waals surface area contributed by atoms with E-state index in [0.29, 0.717) is 38.0 Å². The average Bonchev–Trinajstić information content (AvgIpc) is 3.06. The number of fused-ring (bicyclic) bond motifs is 1. The topological polar surface area (TPSA) is 45.6 Å². The normalized spacial score (nSPS) is 15.8. The second-order valence-corrected chi connectivity index (χ2v) is 7.95. The number of halogens is 1. The van der Waals surface area contributed by atoms with E-state index in [2.05, 4.69) is 4.90 Å². The first-order valence-electron chi connectivity index (χ1n) is 9.48. The number of piperazine rings is 1. The third-order valence-electron chi connectivity index (χ3n) is 5.25. The smallest absolute Gasteiger partial charge is 0.269 e. The van der Waals surface area contributed by atoms with Gasteiger partial charge in [0.25, 0.3) is 5.56 Å². The number of carbonyl (C=O) groups is 1. The summed E-state index contributed by atoms with van der Waals surface area (Å²) >= 11 is 1.36. The predicted molar refractivity (Wildman–Crippen MR) is 111 cm³/mol. The molecule has 2 heterocycles. The molecule has 0 N–H and O–H groups in total. The average molecular weight is 399 g/mol. The predicted octanol–water partition coefficient (Wildman–Crippen LogP) is 3.50. The van der Waals surface area contributed by atoms with Crippen LogP contribution in [0.25, 0.3) is 10.1 Å². The van der Waals surface area contributed by atoms with Gasteiger partial charge in [-0.1, -0.05) is 30.6 Å². The van der Waals surface area contributed by atoms with Crippen molar-refractivity contribution in [2.45, 2.75) is 19.4 Å². The van der Waals surface area contributed by atoms with Crippen LogP contribution in [0, 0.1) is 5.82 Å². The fourth-order valence-corrected chi connectivity index (χ4v) is 4.84. The number of rotatable bonds is 4. The number of amides is 1. The first-order chi connectivity index (χ1) is 13.6. The molecule has 0 radical (unpaired) electrons. The van der Waals surface area contributed by atoms with Crippen LogP contribution in [0.5, 0.6) is 0 Å². The monoisotopic (exact) mass is 399 g/mol. The maximum absolute atomic E-state index is 13.2. The molecule has 1 aromatic heterocycles. The zero-order chi connectivity index (χ0) is 19.7. The van der Waals surface area contributed by atoms with Crippen LogP contribution in [0.4, 0.5) is 10.1 Å². The molecule has 1 saturated heterocycles. The van der Waals surface area contributed by atoms with Crippen molar-refractivity contribution in [1.29, 1.82) is 0 Å². The lowest BCUT2D eigenvalue weighted by atomic mass is 10.1. The second-order valence-electron chi connectivity index (χ2n) is 6.93. The zero-order valence-corrected chi connectivity index (χ0v) is 16.5. The summed E-state index contributed by atoms with van der Waals surface area (Å²) < 4.78 is 15.6. The van der Waals surface area contributed by atoms with Crippen LogP contribution < -0.4 is 10.5 Å². The molecule has 5 nitrogen and oxygen atoms in total. The van der Waals surface area contributed by atoms with Crippen LogP contribution in [0.3, 0.4) is 0 Å². The van der Waals surface area contributed by atoms with Crippen molar-refractivity contribution in [3.63, 3.8) is 0 Å². The van der Waals surface area contributed by atoms with Crippen molar-refractivity contribution in [3.8, 4) is 0 Å². The van der Waals surface area contributed by atoms with Crippen LogP contribution in [-0.2, 0) is 4.79 Å². The maximum atomic E-state index is 13.2. The quantitative estimate of drug-likeness (QED) is 0.675. The van der Waals surface area contributed by atoms with Gasteiger partial charge in [-0.25, -0.2) is 4.39 Å². The van der Waals surface area contributed by atoms with E-state index in [0.717, 1.165) is 10.4 Å². The Balaban J connectivity index is 1.49. The Kier molecular flexibility index (Phi) is 5.17. The number of anilines is 1. The maximum Gasteiger partial charge on any atom is 0.269 e. The molecule has 0 bridgehead atoms. The largest absolute Gasteiger partial charge is 0.368 e. The Morgan fingerprint density at radius 2 is 1.75 bits per heavy atom. The minimum absolute atomic E-state index is 0.00471. The van der Waals surface area contributed by atoms with E-state index in [1.165, 1.54) is 23.7 Å². The molecule has 1 aliphatic heterocycles. The number of benzene rings is 2. The van der Waals surface area contributed by atoms with Gasteiger partial charge < -0.3 is 9.80 Å². The molecule has 2 aromatic carbocycles. The van der Waals surface area contributed by atoms with Gasteiger partial charge in [0, 0.05) is 31.9 Å². The summed E-state index contributed by atoms with van der Waals surface area (Å²) in [5, 5.41) is 0.667. The van der Waals surface area contributed by atoms with E-state index in [9.17, 15) is 14.0 Å². The fraction of sp³-hybridized carbons (Fsp3) is 0.333. The molecule has 0 saturated carbocycles. The van der Waals surface area contributed by atoms with Gasteiger partial charge in [0.2, 0.25) is 5.91 Å². The minimum atomic E-state index is -0.470. The van der Waals surface area contributed by atoms with Crippen molar-refractivity contribution in [3.05, 3.63) is 64.7 Å². The molecule has 0 unspecified atom stereocenters. The van der Waals surface area contributed by atoms with E-state index in [1.54, 1.807) is 16.1 Å². The summed E-state index contributed by atoms with van der Waals surface area (Å²) in [6.07, 6.45) is 0.573. The van der Waals surface area contributed by atoms with Crippen molar-refractivity contribution < 1.29 is 9.18 Å². The van der Waals surface area contributed by atoms with Crippen molar-refractivity contribution >= 4 is 33.2 Å². The summed E-state index contributed by atoms with van der Waals surface area (Å²) in [5.41, 5.74) is 0.868. The minimum Gasteiger partial charge on any atom is -0.368 e. The van der Waals surface area contributed by atoms with Crippen LogP contribution in [0.2, 0.25) is 0 Å². The Morgan fingerprint density at radius 3 is 2.39 bits per heavy atom. The van der Waals surface area contributed by atoms with Gasteiger partial charge in [0.15, 0.2) is 0 Å². The molecule has 28 heavy (non-hydrogen) atoms. The van der Waals surface area contributed by atoms with Gasteiger partial charge in [-0.2, -0.15) is 0 Å². The fourth-order valence-electron chi connectivity index (χ4n) is 3.68. The molecule has 7 heteroatoms. The molecule has 1 atom stereocenters. The second kappa shape index (κ2) is 7.75. The van der Waals surface area contributed by atoms with Crippen LogP contribution in [-0.4, -0.2) is 40.9 Å². The molecular weight excluding hydrogens is 377 g/mol. The van der Waals surface area contributed by atoms with Crippen LogP contribution in [0.15, 0.2) is 53.3 Å². The molecule has 1 aliphatic rings. The molecule has 146 valence electrons. The molecule has 1 fully saturated rings. The lowest BCUT2D eigenvalue weighted by Gasteiger charge is -2.37. The van der Waals surface area contributed by atoms with Crippen LogP contribution in [0.1, 0.15) is 19.4 Å². The standard InChI is InChI=1S/C21H22FN3O2S/c1-2-18(25-20(26)17-5-3-4-6-19(17)28-25)21(27)24-13-11-23(12-14-24)16-9-7-15(22)8-10-16/h3-10,18H,2,11-14H2,1H3/t18-/m0/s1. The van der Waals surface area contributed by atoms with Crippen LogP contribution >= 0.6 is 11.5 Å². The number of hydrogen-bond acceptors (Lipinski definition) is 4. The summed E-state index contributed by atoms with van der Waals surface area (Å²) in [7, 11) is 0. The highest BCUT2D eigenvalue weighted by molar-refractivity contribution is 7.14. The lowest BCUT2D eigenvalue weighted by molar-refractivity contribution is -0.135. The molecule has 0 aliphatic carbocycles. The van der Waals surface area contributed by atoms with Crippen molar-refractivity contribution in [2.24, 2.45) is 0 Å². The molecular formula is C21H22FN3O2S. The van der Waals surface area contributed by atoms with E-state index in [1.807, 2.05) is 36.1 Å². The highest BCUT2D eigenvalue weighted by Crippen LogP contribution is 2.24. The van der Waals surface area contributed by atoms with Gasteiger partial charge in [-0.3, -0.25) is 13.5 Å². The summed E-state index contributed by atoms with van der Waals surface area (Å²) in [4.78, 5) is 29.9. The molecule has 3 aromatic rings. The van der Waals surface area contributed by atoms with E-state index >= 15 is 0 Å². The summed E-state index contributed by atoms with van der Waals surface area (Å²) in [6, 6.07) is 13.4.